The minimum Gasteiger partial charge on any atom is -0.453 e. The fourth-order valence-corrected chi connectivity index (χ4v) is 3.36. The number of nitrogens with two attached hydrogens (primary N) is 1. The average molecular weight is 487 g/mol. The monoisotopic (exact) mass is 486 g/mol. The summed E-state index contributed by atoms with van der Waals surface area (Å²) in [5.74, 6) is 0.982. The van der Waals surface area contributed by atoms with E-state index in [2.05, 4.69) is 25.0 Å². The van der Waals surface area contributed by atoms with Crippen LogP contribution in [0.4, 0.5) is 26.9 Å². The number of hydrogen-bond acceptors (Lipinski definition) is 6. The fraction of sp³-hybridized carbons (Fsp3) is 0.0476. The smallest absolute Gasteiger partial charge is 0.413 e. The van der Waals surface area contributed by atoms with E-state index >= 15 is 0 Å². The number of nitrogens with zero attached hydrogens (tertiary/aromatic N) is 3. The van der Waals surface area contributed by atoms with E-state index in [4.69, 9.17) is 33.7 Å². The number of fused-ring (bicyclic) bond motifs is 1. The number of ether oxygens (including phenoxy) is 2. The van der Waals surface area contributed by atoms with Gasteiger partial charge in [-0.15, -0.1) is 0 Å². The van der Waals surface area contributed by atoms with Crippen LogP contribution in [0.15, 0.2) is 54.7 Å². The number of carbonyl (C=O) groups excluding carboxylic acids is 2. The Bertz CT molecular complexity index is 1340. The number of rotatable bonds is 5. The molecule has 2 aromatic heterocycles. The zero-order valence-corrected chi connectivity index (χ0v) is 18.5. The van der Waals surface area contributed by atoms with Crippen LogP contribution in [0, 0.1) is 0 Å². The number of hydrogen-bond donors (Lipinski definition) is 3. The largest absolute Gasteiger partial charge is 0.453 e. The summed E-state index contributed by atoms with van der Waals surface area (Å²) in [5.41, 5.74) is 7.51. The van der Waals surface area contributed by atoms with Crippen molar-refractivity contribution in [1.82, 2.24) is 15.0 Å². The average Bonchev–Trinajstić information content (AvgIpc) is 3.18. The predicted molar refractivity (Wildman–Crippen MR) is 125 cm³/mol. The van der Waals surface area contributed by atoms with Gasteiger partial charge in [0, 0.05) is 17.2 Å². The number of anilines is 3. The lowest BCUT2D eigenvalue weighted by atomic mass is 10.2. The lowest BCUT2D eigenvalue weighted by Gasteiger charge is -2.21. The predicted octanol–water partition coefficient (Wildman–Crippen LogP) is 5.45. The van der Waals surface area contributed by atoms with E-state index in [1.165, 1.54) is 24.3 Å². The molecule has 4 rings (SSSR count). The Hall–Kier alpha value is -4.02. The van der Waals surface area contributed by atoms with E-state index in [9.17, 15) is 9.59 Å². The normalized spacial score (nSPS) is 10.6. The Morgan fingerprint density at radius 3 is 2.64 bits per heavy atom. The molecule has 2 aromatic carbocycles. The van der Waals surface area contributed by atoms with Gasteiger partial charge in [0.15, 0.2) is 0 Å². The summed E-state index contributed by atoms with van der Waals surface area (Å²) in [6, 6.07) is 12.2. The molecule has 168 valence electrons. The summed E-state index contributed by atoms with van der Waals surface area (Å²) in [5, 5.41) is 3.15. The van der Waals surface area contributed by atoms with Crippen LogP contribution in [-0.2, 0) is 4.74 Å². The van der Waals surface area contributed by atoms with Gasteiger partial charge in [0.1, 0.15) is 5.75 Å². The summed E-state index contributed by atoms with van der Waals surface area (Å²) >= 11 is 12.3. The summed E-state index contributed by atoms with van der Waals surface area (Å²) in [4.78, 5) is 36.0. The van der Waals surface area contributed by atoms with Gasteiger partial charge >= 0.3 is 12.1 Å². The number of benzene rings is 2. The molecule has 0 bridgehead atoms. The van der Waals surface area contributed by atoms with Gasteiger partial charge in [0.2, 0.25) is 11.8 Å². The summed E-state index contributed by atoms with van der Waals surface area (Å²) < 4.78 is 10.3. The first-order valence-corrected chi connectivity index (χ1v) is 10.1. The van der Waals surface area contributed by atoms with Crippen molar-refractivity contribution in [2.45, 2.75) is 0 Å². The van der Waals surface area contributed by atoms with Crippen LogP contribution in [0.3, 0.4) is 0 Å². The zero-order chi connectivity index (χ0) is 23.5. The van der Waals surface area contributed by atoms with E-state index in [0.717, 1.165) is 0 Å². The van der Waals surface area contributed by atoms with Gasteiger partial charge in [-0.05, 0) is 36.4 Å². The number of imidazole rings is 1. The maximum Gasteiger partial charge on any atom is 0.413 e. The molecule has 33 heavy (non-hydrogen) atoms. The number of methoxy groups -OCH3 is 1. The number of urea groups is 1. The van der Waals surface area contributed by atoms with E-state index < -0.39 is 12.1 Å². The van der Waals surface area contributed by atoms with E-state index in [1.807, 2.05) is 0 Å². The molecule has 12 heteroatoms. The second-order valence-electron chi connectivity index (χ2n) is 6.61. The number of primary amides is 1. The number of aromatic nitrogens is 3. The minimum atomic E-state index is -0.754. The lowest BCUT2D eigenvalue weighted by Crippen LogP contribution is -2.31. The zero-order valence-electron chi connectivity index (χ0n) is 17.0. The first-order valence-electron chi connectivity index (χ1n) is 9.37. The highest BCUT2D eigenvalue weighted by Gasteiger charge is 2.19. The fourth-order valence-electron chi connectivity index (χ4n) is 2.99. The SMILES string of the molecule is COC(=O)Nc1nc2ccc(Oc3ccc(N(C(N)=O)c4cc(Cl)ccc4Cl)cn3)cc2[nH]1. The minimum absolute atomic E-state index is 0.239. The molecule has 0 aliphatic heterocycles. The number of H-pyrrole nitrogens is 1. The van der Waals surface area contributed by atoms with Crippen molar-refractivity contribution in [3.8, 4) is 11.6 Å². The molecule has 0 saturated heterocycles. The molecular weight excluding hydrogens is 471 g/mol. The van der Waals surface area contributed by atoms with Crippen LogP contribution in [0.5, 0.6) is 11.6 Å². The van der Waals surface area contributed by atoms with Crippen molar-refractivity contribution in [1.29, 1.82) is 0 Å². The quantitative estimate of drug-likeness (QED) is 0.343. The Morgan fingerprint density at radius 2 is 1.94 bits per heavy atom. The van der Waals surface area contributed by atoms with Crippen molar-refractivity contribution < 1.29 is 19.1 Å². The molecule has 3 amide bonds. The molecule has 0 fully saturated rings. The summed E-state index contributed by atoms with van der Waals surface area (Å²) in [7, 11) is 1.26. The molecular formula is C21H16Cl2N6O4. The molecule has 10 nitrogen and oxygen atoms in total. The molecule has 2 heterocycles. The van der Waals surface area contributed by atoms with Crippen molar-refractivity contribution >= 4 is 63.7 Å². The maximum atomic E-state index is 12.1. The third kappa shape index (κ3) is 4.92. The second-order valence-corrected chi connectivity index (χ2v) is 7.45. The van der Waals surface area contributed by atoms with Crippen molar-refractivity contribution in [2.75, 3.05) is 17.3 Å². The Labute approximate surface area is 197 Å². The number of nitrogens with one attached hydrogen (secondary N) is 2. The Morgan fingerprint density at radius 1 is 1.12 bits per heavy atom. The van der Waals surface area contributed by atoms with Crippen LogP contribution in [-0.4, -0.2) is 34.2 Å². The Balaban J connectivity index is 1.55. The third-order valence-electron chi connectivity index (χ3n) is 4.43. The van der Waals surface area contributed by atoms with Crippen LogP contribution >= 0.6 is 23.2 Å². The molecule has 4 aromatic rings. The van der Waals surface area contributed by atoms with Gasteiger partial charge in [-0.3, -0.25) is 10.2 Å². The molecule has 0 spiro atoms. The Kier molecular flexibility index (Phi) is 6.20. The van der Waals surface area contributed by atoms with Crippen molar-refractivity contribution in [2.24, 2.45) is 5.73 Å². The molecule has 0 aliphatic rings. The van der Waals surface area contributed by atoms with Crippen LogP contribution in [0.1, 0.15) is 0 Å². The summed E-state index contributed by atoms with van der Waals surface area (Å²) in [6.45, 7) is 0. The molecule has 0 saturated carbocycles. The van der Waals surface area contributed by atoms with Crippen LogP contribution < -0.4 is 20.7 Å². The first kappa shape index (κ1) is 22.2. The number of amides is 3. The van der Waals surface area contributed by atoms with Gasteiger partial charge in [-0.25, -0.2) is 19.6 Å². The highest BCUT2D eigenvalue weighted by molar-refractivity contribution is 6.36. The van der Waals surface area contributed by atoms with Crippen LogP contribution in [0.25, 0.3) is 11.0 Å². The molecule has 0 atom stereocenters. The standard InChI is InChI=1S/C21H16Cl2N6O4/c1-32-21(31)28-20-26-15-6-4-13(9-16(15)27-20)33-18-7-3-12(10-25-18)29(19(24)30)17-8-11(22)2-5-14(17)23/h2-10H,1H3,(H2,24,30)(H2,26,27,28,31). The van der Waals surface area contributed by atoms with Gasteiger partial charge in [0.05, 0.1) is 40.7 Å². The highest BCUT2D eigenvalue weighted by atomic mass is 35.5. The summed E-state index contributed by atoms with van der Waals surface area (Å²) in [6.07, 6.45) is 0.781. The third-order valence-corrected chi connectivity index (χ3v) is 4.98. The number of carbonyl (C=O) groups is 2. The molecule has 0 aliphatic carbocycles. The van der Waals surface area contributed by atoms with E-state index in [1.54, 1.807) is 42.5 Å². The highest BCUT2D eigenvalue weighted by Crippen LogP contribution is 2.34. The van der Waals surface area contributed by atoms with E-state index in [-0.39, 0.29) is 11.8 Å². The van der Waals surface area contributed by atoms with E-state index in [0.29, 0.717) is 38.2 Å². The molecule has 0 unspecified atom stereocenters. The first-order chi connectivity index (χ1) is 15.8. The maximum absolute atomic E-state index is 12.1. The number of aromatic amines is 1. The van der Waals surface area contributed by atoms with Crippen LogP contribution in [0.2, 0.25) is 10.0 Å². The van der Waals surface area contributed by atoms with Gasteiger partial charge < -0.3 is 20.2 Å². The second kappa shape index (κ2) is 9.23. The van der Waals surface area contributed by atoms with Gasteiger partial charge in [0.25, 0.3) is 0 Å². The number of pyridine rings is 1. The van der Waals surface area contributed by atoms with Crippen molar-refractivity contribution in [3.05, 3.63) is 64.8 Å². The van der Waals surface area contributed by atoms with Crippen molar-refractivity contribution in [3.63, 3.8) is 0 Å². The molecule has 0 radical (unpaired) electrons. The van der Waals surface area contributed by atoms with Gasteiger partial charge in [-0.2, -0.15) is 0 Å². The lowest BCUT2D eigenvalue weighted by molar-refractivity contribution is 0.186. The van der Waals surface area contributed by atoms with Gasteiger partial charge in [-0.1, -0.05) is 23.2 Å². The topological polar surface area (TPSA) is 135 Å². The number of halogens is 2. The molecule has 4 N–H and O–H groups in total.